The summed E-state index contributed by atoms with van der Waals surface area (Å²) in [5.74, 6) is 1.77. The Balaban J connectivity index is 2.16. The van der Waals surface area contributed by atoms with Gasteiger partial charge >= 0.3 is 0 Å². The molecule has 1 aliphatic carbocycles. The first-order valence-corrected chi connectivity index (χ1v) is 6.38. The topological polar surface area (TPSA) is 0 Å². The van der Waals surface area contributed by atoms with Gasteiger partial charge in [0.05, 0.1) is 0 Å². The summed E-state index contributed by atoms with van der Waals surface area (Å²) >= 11 is 0. The summed E-state index contributed by atoms with van der Waals surface area (Å²) in [7, 11) is 0. The van der Waals surface area contributed by atoms with E-state index in [1.54, 1.807) is 5.56 Å². The highest BCUT2D eigenvalue weighted by Crippen LogP contribution is 2.39. The Morgan fingerprint density at radius 3 is 2.40 bits per heavy atom. The molecule has 0 nitrogen and oxygen atoms in total. The van der Waals surface area contributed by atoms with Crippen LogP contribution in [0.1, 0.15) is 56.1 Å². The maximum Gasteiger partial charge on any atom is -0.0134 e. The van der Waals surface area contributed by atoms with E-state index in [0.717, 1.165) is 11.8 Å². The van der Waals surface area contributed by atoms with Crippen molar-refractivity contribution >= 4 is 0 Å². The molecule has 82 valence electrons. The van der Waals surface area contributed by atoms with Gasteiger partial charge in [0, 0.05) is 0 Å². The second kappa shape index (κ2) is 4.83. The van der Waals surface area contributed by atoms with Crippen LogP contribution in [0.4, 0.5) is 0 Å². The number of hydrogen-bond acceptors (Lipinski definition) is 0. The van der Waals surface area contributed by atoms with Crippen molar-refractivity contribution in [3.63, 3.8) is 0 Å². The highest BCUT2D eigenvalue weighted by molar-refractivity contribution is 5.25. The van der Waals surface area contributed by atoms with E-state index in [1.165, 1.54) is 37.7 Å². The van der Waals surface area contributed by atoms with Crippen LogP contribution >= 0.6 is 0 Å². The van der Waals surface area contributed by atoms with Gasteiger partial charge in [0.15, 0.2) is 0 Å². The average Bonchev–Trinajstić information content (AvgIpc) is 2.30. The van der Waals surface area contributed by atoms with E-state index in [4.69, 9.17) is 0 Å². The maximum absolute atomic E-state index is 2.34. The molecule has 0 bridgehead atoms. The molecule has 15 heavy (non-hydrogen) atoms. The third-order valence-corrected chi connectivity index (χ3v) is 3.94. The monoisotopic (exact) mass is 202 g/mol. The van der Waals surface area contributed by atoms with E-state index in [1.807, 2.05) is 0 Å². The zero-order valence-corrected chi connectivity index (χ0v) is 10.00. The van der Waals surface area contributed by atoms with Crippen molar-refractivity contribution in [3.8, 4) is 0 Å². The Kier molecular flexibility index (Phi) is 3.45. The predicted molar refractivity (Wildman–Crippen MR) is 66.2 cm³/mol. The van der Waals surface area contributed by atoms with Crippen LogP contribution in [0.3, 0.4) is 0 Å². The van der Waals surface area contributed by atoms with Gasteiger partial charge in [0.2, 0.25) is 0 Å². The highest BCUT2D eigenvalue weighted by atomic mass is 14.3. The molecule has 2 atom stereocenters. The lowest BCUT2D eigenvalue weighted by Gasteiger charge is -2.31. The molecule has 0 spiro atoms. The molecular formula is C15H22. The minimum Gasteiger partial charge on any atom is -0.0651 e. The normalized spacial score (nSPS) is 26.5. The molecule has 0 saturated heterocycles. The molecule has 1 fully saturated rings. The zero-order valence-electron chi connectivity index (χ0n) is 10.00. The van der Waals surface area contributed by atoms with Crippen LogP contribution in [-0.2, 0) is 0 Å². The lowest BCUT2D eigenvalue weighted by Crippen LogP contribution is -2.16. The van der Waals surface area contributed by atoms with Crippen molar-refractivity contribution in [2.24, 2.45) is 5.92 Å². The van der Waals surface area contributed by atoms with Gasteiger partial charge in [-0.05, 0) is 37.2 Å². The van der Waals surface area contributed by atoms with E-state index in [9.17, 15) is 0 Å². The largest absolute Gasteiger partial charge is 0.0651 e. The van der Waals surface area contributed by atoms with Crippen molar-refractivity contribution in [2.45, 2.75) is 51.9 Å². The van der Waals surface area contributed by atoms with Gasteiger partial charge in [-0.25, -0.2) is 0 Å². The fraction of sp³-hybridized carbons (Fsp3) is 0.600. The van der Waals surface area contributed by atoms with Crippen molar-refractivity contribution in [2.75, 3.05) is 0 Å². The summed E-state index contributed by atoms with van der Waals surface area (Å²) in [5, 5.41) is 0. The minimum atomic E-state index is 0.837. The minimum absolute atomic E-state index is 0.837. The molecule has 1 aromatic rings. The van der Waals surface area contributed by atoms with E-state index >= 15 is 0 Å². The van der Waals surface area contributed by atoms with Crippen LogP contribution in [0, 0.1) is 12.8 Å². The molecular weight excluding hydrogens is 180 g/mol. The van der Waals surface area contributed by atoms with Crippen molar-refractivity contribution in [1.29, 1.82) is 0 Å². The van der Waals surface area contributed by atoms with Gasteiger partial charge in [-0.15, -0.1) is 0 Å². The van der Waals surface area contributed by atoms with Crippen LogP contribution in [0.2, 0.25) is 0 Å². The molecule has 0 heteroatoms. The maximum atomic E-state index is 2.34. The smallest absolute Gasteiger partial charge is 0.0134 e. The van der Waals surface area contributed by atoms with Gasteiger partial charge in [0.1, 0.15) is 0 Å². The molecule has 0 aromatic heterocycles. The quantitative estimate of drug-likeness (QED) is 0.653. The van der Waals surface area contributed by atoms with Crippen LogP contribution in [-0.4, -0.2) is 0 Å². The van der Waals surface area contributed by atoms with E-state index in [0.29, 0.717) is 0 Å². The van der Waals surface area contributed by atoms with Crippen molar-refractivity contribution in [3.05, 3.63) is 35.4 Å². The molecule has 2 rings (SSSR count). The summed E-state index contributed by atoms with van der Waals surface area (Å²) < 4.78 is 0. The summed E-state index contributed by atoms with van der Waals surface area (Å²) in [5.41, 5.74) is 2.95. The molecule has 0 heterocycles. The van der Waals surface area contributed by atoms with Gasteiger partial charge in [0.25, 0.3) is 0 Å². The summed E-state index contributed by atoms with van der Waals surface area (Å²) in [4.78, 5) is 0. The van der Waals surface area contributed by atoms with Gasteiger partial charge < -0.3 is 0 Å². The van der Waals surface area contributed by atoms with Crippen LogP contribution in [0.25, 0.3) is 0 Å². The molecule has 1 saturated carbocycles. The Labute approximate surface area is 93.7 Å². The molecule has 1 aliphatic rings. The first-order chi connectivity index (χ1) is 7.31. The summed E-state index contributed by atoms with van der Waals surface area (Å²) in [6.07, 6.45) is 7.06. The van der Waals surface area contributed by atoms with E-state index < -0.39 is 0 Å². The first-order valence-electron chi connectivity index (χ1n) is 6.38. The van der Waals surface area contributed by atoms with Gasteiger partial charge in [-0.2, -0.15) is 0 Å². The van der Waals surface area contributed by atoms with Crippen molar-refractivity contribution < 1.29 is 0 Å². The zero-order chi connectivity index (χ0) is 10.7. The number of hydrogen-bond donors (Lipinski definition) is 0. The number of aryl methyl sites for hydroxylation is 1. The summed E-state index contributed by atoms with van der Waals surface area (Å²) in [6.45, 7) is 4.51. The SMILES string of the molecule is CCC1CCCC[C@H]1c1ccc(C)cc1. The van der Waals surface area contributed by atoms with Crippen LogP contribution in [0.15, 0.2) is 24.3 Å². The number of benzene rings is 1. The third-order valence-electron chi connectivity index (χ3n) is 3.94. The third kappa shape index (κ3) is 2.42. The first kappa shape index (κ1) is 10.7. The number of rotatable bonds is 2. The van der Waals surface area contributed by atoms with Gasteiger partial charge in [-0.3, -0.25) is 0 Å². The summed E-state index contributed by atoms with van der Waals surface area (Å²) in [6, 6.07) is 9.20. The molecule has 1 unspecified atom stereocenters. The lowest BCUT2D eigenvalue weighted by molar-refractivity contribution is 0.299. The fourth-order valence-electron chi connectivity index (χ4n) is 2.95. The molecule has 0 aliphatic heterocycles. The molecule has 0 amide bonds. The van der Waals surface area contributed by atoms with Crippen molar-refractivity contribution in [1.82, 2.24) is 0 Å². The Morgan fingerprint density at radius 1 is 1.07 bits per heavy atom. The molecule has 0 radical (unpaired) electrons. The highest BCUT2D eigenvalue weighted by Gasteiger charge is 2.24. The molecule has 1 aromatic carbocycles. The van der Waals surface area contributed by atoms with E-state index in [2.05, 4.69) is 38.1 Å². The van der Waals surface area contributed by atoms with Crippen LogP contribution < -0.4 is 0 Å². The molecule has 0 N–H and O–H groups in total. The Morgan fingerprint density at radius 2 is 1.73 bits per heavy atom. The fourth-order valence-corrected chi connectivity index (χ4v) is 2.95. The second-order valence-corrected chi connectivity index (χ2v) is 4.97. The standard InChI is InChI=1S/C15H22/c1-3-13-6-4-5-7-15(13)14-10-8-12(2)9-11-14/h8-11,13,15H,3-7H2,1-2H3/t13?,15-/m1/s1. The second-order valence-electron chi connectivity index (χ2n) is 4.97. The Hall–Kier alpha value is -0.780. The average molecular weight is 202 g/mol. The van der Waals surface area contributed by atoms with Gasteiger partial charge in [-0.1, -0.05) is 56.0 Å². The van der Waals surface area contributed by atoms with Crippen LogP contribution in [0.5, 0.6) is 0 Å². The Bertz CT molecular complexity index is 296. The predicted octanol–water partition coefficient (Wildman–Crippen LogP) is 4.68. The lowest BCUT2D eigenvalue weighted by atomic mass is 9.74. The van der Waals surface area contributed by atoms with E-state index in [-0.39, 0.29) is 0 Å².